The first-order chi connectivity index (χ1) is 10.0. The van der Waals surface area contributed by atoms with Gasteiger partial charge in [0.25, 0.3) is 5.91 Å². The Morgan fingerprint density at radius 3 is 2.57 bits per heavy atom. The smallest absolute Gasteiger partial charge is 0.260 e. The van der Waals surface area contributed by atoms with E-state index in [2.05, 4.69) is 0 Å². The first-order valence-corrected chi connectivity index (χ1v) is 7.10. The highest BCUT2D eigenvalue weighted by molar-refractivity contribution is 6.03. The zero-order chi connectivity index (χ0) is 15.8. The van der Waals surface area contributed by atoms with Crippen LogP contribution in [0.1, 0.15) is 37.0 Å². The molecule has 1 rings (SSSR count). The van der Waals surface area contributed by atoms with E-state index < -0.39 is 5.91 Å². The van der Waals surface area contributed by atoms with E-state index in [-0.39, 0.29) is 18.0 Å². The lowest BCUT2D eigenvalue weighted by Gasteiger charge is -2.23. The van der Waals surface area contributed by atoms with Crippen molar-refractivity contribution in [2.45, 2.75) is 26.7 Å². The molecule has 0 aliphatic heterocycles. The highest BCUT2D eigenvalue weighted by atomic mass is 16.5. The fraction of sp³-hybridized carbons (Fsp3) is 0.467. The highest BCUT2D eigenvalue weighted by Crippen LogP contribution is 2.26. The summed E-state index contributed by atoms with van der Waals surface area (Å²) < 4.78 is 5.45. The van der Waals surface area contributed by atoms with Crippen LogP contribution in [-0.2, 0) is 4.79 Å². The molecule has 0 heterocycles. The predicted octanol–water partition coefficient (Wildman–Crippen LogP) is 1.40. The first-order valence-electron chi connectivity index (χ1n) is 7.10. The second kappa shape index (κ2) is 8.14. The van der Waals surface area contributed by atoms with Gasteiger partial charge in [-0.1, -0.05) is 19.4 Å². The second-order valence-corrected chi connectivity index (χ2v) is 4.70. The summed E-state index contributed by atoms with van der Waals surface area (Å²) in [5.41, 5.74) is 11.7. The highest BCUT2D eigenvalue weighted by Gasteiger charge is 2.23. The van der Waals surface area contributed by atoms with E-state index in [1.54, 1.807) is 18.2 Å². The summed E-state index contributed by atoms with van der Waals surface area (Å²) in [4.78, 5) is 25.2. The predicted molar refractivity (Wildman–Crippen MR) is 82.0 cm³/mol. The monoisotopic (exact) mass is 293 g/mol. The molecule has 0 saturated carbocycles. The van der Waals surface area contributed by atoms with Gasteiger partial charge < -0.3 is 21.1 Å². The molecule has 0 saturated heterocycles. The van der Waals surface area contributed by atoms with Gasteiger partial charge in [0.2, 0.25) is 5.91 Å². The number of hydrogen-bond donors (Lipinski definition) is 2. The van der Waals surface area contributed by atoms with E-state index >= 15 is 0 Å². The summed E-state index contributed by atoms with van der Waals surface area (Å²) in [6.07, 6.45) is 1.70. The molecule has 0 aromatic heterocycles. The topological polar surface area (TPSA) is 98.7 Å². The van der Waals surface area contributed by atoms with Gasteiger partial charge in [0.1, 0.15) is 11.3 Å². The molecule has 0 atom stereocenters. The summed E-state index contributed by atoms with van der Waals surface area (Å²) in [5.74, 6) is -0.454. The van der Waals surface area contributed by atoms with Gasteiger partial charge in [-0.2, -0.15) is 0 Å². The zero-order valence-electron chi connectivity index (χ0n) is 12.6. The van der Waals surface area contributed by atoms with Gasteiger partial charge in [-0.05, 0) is 25.5 Å². The van der Waals surface area contributed by atoms with Gasteiger partial charge in [-0.3, -0.25) is 9.59 Å². The van der Waals surface area contributed by atoms with Crippen molar-refractivity contribution in [1.29, 1.82) is 0 Å². The number of primary amides is 1. The normalized spacial score (nSPS) is 10.2. The van der Waals surface area contributed by atoms with Crippen LogP contribution < -0.4 is 16.2 Å². The molecule has 6 nitrogen and oxygen atoms in total. The van der Waals surface area contributed by atoms with Crippen molar-refractivity contribution in [3.63, 3.8) is 0 Å². The molecule has 0 fully saturated rings. The van der Waals surface area contributed by atoms with E-state index in [9.17, 15) is 9.59 Å². The Morgan fingerprint density at radius 1 is 1.29 bits per heavy atom. The Hall–Kier alpha value is -2.24. The van der Waals surface area contributed by atoms with Crippen LogP contribution in [-0.4, -0.2) is 36.4 Å². The lowest BCUT2D eigenvalue weighted by atomic mass is 10.1. The number of carbonyl (C=O) groups excluding carboxylic acids is 2. The van der Waals surface area contributed by atoms with Gasteiger partial charge in [-0.15, -0.1) is 0 Å². The fourth-order valence-corrected chi connectivity index (χ4v) is 2.00. The molecule has 0 bridgehead atoms. The van der Waals surface area contributed by atoms with Crippen molar-refractivity contribution in [2.75, 3.05) is 25.4 Å². The Bertz CT molecular complexity index is 503. The summed E-state index contributed by atoms with van der Waals surface area (Å²) in [7, 11) is 0. The number of nitrogens with zero attached hydrogens (tertiary/aromatic N) is 1. The third-order valence-corrected chi connectivity index (χ3v) is 2.99. The van der Waals surface area contributed by atoms with Crippen molar-refractivity contribution in [3.05, 3.63) is 23.8 Å². The number of amides is 2. The second-order valence-electron chi connectivity index (χ2n) is 4.70. The Morgan fingerprint density at radius 2 is 2.00 bits per heavy atom. The van der Waals surface area contributed by atoms with Crippen LogP contribution in [0.25, 0.3) is 0 Å². The third-order valence-electron chi connectivity index (χ3n) is 2.99. The molecular formula is C15H23N3O3. The molecule has 0 radical (unpaired) electrons. The SMILES string of the molecule is CCCCN(CC(N)=O)C(=O)c1c(N)cccc1OCC. The number of benzene rings is 1. The standard InChI is InChI=1S/C15H23N3O3/c1-3-5-9-18(10-13(17)19)15(20)14-11(16)7-6-8-12(14)21-4-2/h6-8H,3-5,9-10,16H2,1-2H3,(H2,17,19). The number of hydrogen-bond acceptors (Lipinski definition) is 4. The minimum absolute atomic E-state index is 0.126. The fourth-order valence-electron chi connectivity index (χ4n) is 2.00. The van der Waals surface area contributed by atoms with E-state index in [1.165, 1.54) is 4.90 Å². The summed E-state index contributed by atoms with van der Waals surface area (Å²) in [6, 6.07) is 5.05. The van der Waals surface area contributed by atoms with Gasteiger partial charge in [-0.25, -0.2) is 0 Å². The maximum Gasteiger partial charge on any atom is 0.260 e. The van der Waals surface area contributed by atoms with Crippen molar-refractivity contribution in [1.82, 2.24) is 4.90 Å². The maximum absolute atomic E-state index is 12.7. The van der Waals surface area contributed by atoms with E-state index in [0.717, 1.165) is 12.8 Å². The summed E-state index contributed by atoms with van der Waals surface area (Å²) in [6.45, 7) is 4.59. The largest absolute Gasteiger partial charge is 0.493 e. The molecule has 6 heteroatoms. The molecule has 0 unspecified atom stereocenters. The van der Waals surface area contributed by atoms with Crippen LogP contribution in [0.3, 0.4) is 0 Å². The van der Waals surface area contributed by atoms with E-state index in [1.807, 2.05) is 13.8 Å². The molecular weight excluding hydrogens is 270 g/mol. The first kappa shape index (κ1) is 16.8. The zero-order valence-corrected chi connectivity index (χ0v) is 12.6. The lowest BCUT2D eigenvalue weighted by molar-refractivity contribution is -0.118. The average Bonchev–Trinajstić information content (AvgIpc) is 2.43. The maximum atomic E-state index is 12.7. The average molecular weight is 293 g/mol. The van der Waals surface area contributed by atoms with Crippen molar-refractivity contribution >= 4 is 17.5 Å². The molecule has 1 aromatic carbocycles. The lowest BCUT2D eigenvalue weighted by Crippen LogP contribution is -2.39. The molecule has 1 aromatic rings. The molecule has 0 spiro atoms. The number of anilines is 1. The number of ether oxygens (including phenoxy) is 1. The Labute approximate surface area is 125 Å². The van der Waals surface area contributed by atoms with Gasteiger partial charge in [0.05, 0.1) is 13.2 Å². The van der Waals surface area contributed by atoms with Gasteiger partial charge >= 0.3 is 0 Å². The summed E-state index contributed by atoms with van der Waals surface area (Å²) >= 11 is 0. The number of rotatable bonds is 8. The molecule has 2 amide bonds. The molecule has 116 valence electrons. The van der Waals surface area contributed by atoms with Crippen LogP contribution >= 0.6 is 0 Å². The minimum atomic E-state index is -0.549. The number of nitrogen functional groups attached to an aromatic ring is 1. The molecule has 4 N–H and O–H groups in total. The number of nitrogens with two attached hydrogens (primary N) is 2. The van der Waals surface area contributed by atoms with Crippen molar-refractivity contribution < 1.29 is 14.3 Å². The third kappa shape index (κ3) is 4.66. The van der Waals surface area contributed by atoms with Crippen molar-refractivity contribution in [3.8, 4) is 5.75 Å². The van der Waals surface area contributed by atoms with Crippen LogP contribution in [0.5, 0.6) is 5.75 Å². The van der Waals surface area contributed by atoms with E-state index in [0.29, 0.717) is 24.6 Å². The number of carbonyl (C=O) groups is 2. The number of unbranched alkanes of at least 4 members (excludes halogenated alkanes) is 1. The quantitative estimate of drug-likeness (QED) is 0.708. The minimum Gasteiger partial charge on any atom is -0.493 e. The van der Waals surface area contributed by atoms with Crippen molar-refractivity contribution in [2.24, 2.45) is 5.73 Å². The molecule has 0 aliphatic rings. The van der Waals surface area contributed by atoms with E-state index in [4.69, 9.17) is 16.2 Å². The van der Waals surface area contributed by atoms with Crippen LogP contribution in [0.2, 0.25) is 0 Å². The van der Waals surface area contributed by atoms with Crippen LogP contribution in [0, 0.1) is 0 Å². The molecule has 21 heavy (non-hydrogen) atoms. The summed E-state index contributed by atoms with van der Waals surface area (Å²) in [5, 5.41) is 0. The van der Waals surface area contributed by atoms with Crippen LogP contribution in [0.4, 0.5) is 5.69 Å². The van der Waals surface area contributed by atoms with Gasteiger partial charge in [0, 0.05) is 12.2 Å². The Balaban J connectivity index is 3.09. The molecule has 0 aliphatic carbocycles. The Kier molecular flexibility index (Phi) is 6.52. The van der Waals surface area contributed by atoms with Gasteiger partial charge in [0.15, 0.2) is 0 Å². The van der Waals surface area contributed by atoms with Crippen LogP contribution in [0.15, 0.2) is 18.2 Å².